The van der Waals surface area contributed by atoms with Gasteiger partial charge in [0, 0.05) is 0 Å². The first-order valence-corrected chi connectivity index (χ1v) is 5.96. The lowest BCUT2D eigenvalue weighted by Crippen LogP contribution is -2.16. The molecule has 0 spiro atoms. The summed E-state index contributed by atoms with van der Waals surface area (Å²) in [6.45, 7) is 0. The number of hydrogen-bond acceptors (Lipinski definition) is 2. The Balaban J connectivity index is 2.43. The van der Waals surface area contributed by atoms with Crippen LogP contribution in [0.3, 0.4) is 0 Å². The summed E-state index contributed by atoms with van der Waals surface area (Å²) in [7, 11) is 1.22. The van der Waals surface area contributed by atoms with Gasteiger partial charge in [-0.25, -0.2) is 0 Å². The molecule has 0 fully saturated rings. The van der Waals surface area contributed by atoms with E-state index in [1.165, 1.54) is 10.5 Å². The number of rotatable bonds is 3. The van der Waals surface area contributed by atoms with Crippen LogP contribution in [0.25, 0.3) is 0 Å². The Morgan fingerprint density at radius 1 is 0.882 bits per heavy atom. The Bertz CT molecular complexity index is 443. The summed E-state index contributed by atoms with van der Waals surface area (Å²) in [5.74, 6) is -0.560. The monoisotopic (exact) mass is 241 g/mol. The first-order valence-electron chi connectivity index (χ1n) is 5.38. The van der Waals surface area contributed by atoms with E-state index in [1.807, 2.05) is 60.7 Å². The molecule has 2 aromatic rings. The van der Waals surface area contributed by atoms with Crippen molar-refractivity contribution in [2.45, 2.75) is 5.92 Å². The fourth-order valence-electron chi connectivity index (χ4n) is 1.84. The van der Waals surface area contributed by atoms with Crippen LogP contribution in [0.1, 0.15) is 17.0 Å². The van der Waals surface area contributed by atoms with Crippen molar-refractivity contribution in [2.75, 3.05) is 0 Å². The molecule has 85 valence electrons. The Morgan fingerprint density at radius 2 is 1.29 bits per heavy atom. The molecule has 17 heavy (non-hydrogen) atoms. The summed E-state index contributed by atoms with van der Waals surface area (Å²) >= 11 is 0. The van der Waals surface area contributed by atoms with Gasteiger partial charge in [0.15, 0.2) is 0 Å². The van der Waals surface area contributed by atoms with Crippen LogP contribution in [0.4, 0.5) is 0 Å². The number of carbonyl (C=O) groups is 1. The van der Waals surface area contributed by atoms with E-state index in [9.17, 15) is 4.79 Å². The Morgan fingerprint density at radius 3 is 1.65 bits per heavy atom. The van der Waals surface area contributed by atoms with Crippen LogP contribution in [0, 0.1) is 0 Å². The summed E-state index contributed by atoms with van der Waals surface area (Å²) in [4.78, 5) is 11.9. The smallest absolute Gasteiger partial charge is 0.304 e. The molecule has 0 heterocycles. The lowest BCUT2D eigenvalue weighted by Gasteiger charge is -2.15. The lowest BCUT2D eigenvalue weighted by molar-refractivity contribution is -0.134. The van der Waals surface area contributed by atoms with Crippen LogP contribution < -0.4 is 0 Å². The van der Waals surface area contributed by atoms with Gasteiger partial charge >= 0.3 is 5.97 Å². The summed E-state index contributed by atoms with van der Waals surface area (Å²) in [6.07, 6.45) is 0. The molecule has 0 unspecified atom stereocenters. The van der Waals surface area contributed by atoms with Gasteiger partial charge < -0.3 is 4.43 Å². The average Bonchev–Trinajstić information content (AvgIpc) is 2.41. The van der Waals surface area contributed by atoms with Gasteiger partial charge in [-0.3, -0.25) is 4.79 Å². The Kier molecular flexibility index (Phi) is 3.72. The van der Waals surface area contributed by atoms with E-state index in [0.29, 0.717) is 0 Å². The van der Waals surface area contributed by atoms with Crippen LogP contribution in [-0.2, 0) is 9.22 Å². The third-order valence-corrected chi connectivity index (χ3v) is 2.93. The topological polar surface area (TPSA) is 26.3 Å². The van der Waals surface area contributed by atoms with Crippen molar-refractivity contribution in [3.63, 3.8) is 0 Å². The molecule has 0 aliphatic heterocycles. The van der Waals surface area contributed by atoms with Gasteiger partial charge in [-0.15, -0.1) is 0 Å². The molecular formula is C14H13O2Si. The second-order valence-corrected chi connectivity index (χ2v) is 4.01. The van der Waals surface area contributed by atoms with Crippen LogP contribution in [0.15, 0.2) is 60.7 Å². The predicted octanol–water partition coefficient (Wildman–Crippen LogP) is 1.91. The molecule has 1 radical (unpaired) electrons. The van der Waals surface area contributed by atoms with Gasteiger partial charge in [-0.1, -0.05) is 60.7 Å². The summed E-state index contributed by atoms with van der Waals surface area (Å²) < 4.78 is 4.91. The molecule has 0 amide bonds. The minimum Gasteiger partial charge on any atom is -0.524 e. The SMILES string of the molecule is O=C(O[SiH2])C(c1ccccc1)c1ccccc1. The highest BCUT2D eigenvalue weighted by Gasteiger charge is 2.22. The van der Waals surface area contributed by atoms with Crippen LogP contribution >= 0.6 is 0 Å². The fourth-order valence-corrected chi connectivity index (χ4v) is 2.01. The number of hydrogen-bond donors (Lipinski definition) is 0. The highest BCUT2D eigenvalue weighted by molar-refractivity contribution is 6.07. The van der Waals surface area contributed by atoms with Crippen LogP contribution in [0.2, 0.25) is 0 Å². The molecule has 0 aliphatic carbocycles. The molecule has 0 aliphatic rings. The summed E-state index contributed by atoms with van der Waals surface area (Å²) in [5.41, 5.74) is 1.91. The first-order chi connectivity index (χ1) is 8.33. The van der Waals surface area contributed by atoms with E-state index in [2.05, 4.69) is 0 Å². The second-order valence-electron chi connectivity index (χ2n) is 3.72. The van der Waals surface area contributed by atoms with Gasteiger partial charge in [-0.2, -0.15) is 0 Å². The number of benzene rings is 2. The molecule has 2 aromatic carbocycles. The van der Waals surface area contributed by atoms with E-state index >= 15 is 0 Å². The molecular weight excluding hydrogens is 228 g/mol. The maximum Gasteiger partial charge on any atom is 0.304 e. The number of carbonyl (C=O) groups excluding carboxylic acids is 1. The van der Waals surface area contributed by atoms with Gasteiger partial charge in [-0.05, 0) is 11.1 Å². The first kappa shape index (κ1) is 11.6. The summed E-state index contributed by atoms with van der Waals surface area (Å²) in [5, 5.41) is 0. The van der Waals surface area contributed by atoms with E-state index < -0.39 is 0 Å². The predicted molar refractivity (Wildman–Crippen MR) is 69.4 cm³/mol. The third-order valence-electron chi connectivity index (χ3n) is 2.64. The molecule has 0 atom stereocenters. The Labute approximate surface area is 104 Å². The third kappa shape index (κ3) is 2.63. The standard InChI is InChI=1S/C14H13O2Si/c15-14(16-17)13(11-7-3-1-4-8-11)12-9-5-2-6-10-12/h1-10,13H,17H2. The fraction of sp³-hybridized carbons (Fsp3) is 0.0714. The van der Waals surface area contributed by atoms with Crippen molar-refractivity contribution in [3.8, 4) is 0 Å². The molecule has 2 nitrogen and oxygen atoms in total. The average molecular weight is 241 g/mol. The van der Waals surface area contributed by atoms with Gasteiger partial charge in [0.1, 0.15) is 5.92 Å². The van der Waals surface area contributed by atoms with Crippen molar-refractivity contribution in [1.29, 1.82) is 0 Å². The zero-order chi connectivity index (χ0) is 12.1. The maximum atomic E-state index is 11.9. The van der Waals surface area contributed by atoms with E-state index in [4.69, 9.17) is 4.43 Å². The second kappa shape index (κ2) is 5.45. The molecule has 0 saturated heterocycles. The lowest BCUT2D eigenvalue weighted by atomic mass is 9.91. The summed E-state index contributed by atoms with van der Waals surface area (Å²) in [6, 6.07) is 19.3. The zero-order valence-corrected chi connectivity index (χ0v) is 10.8. The van der Waals surface area contributed by atoms with Crippen molar-refractivity contribution in [1.82, 2.24) is 0 Å². The minimum absolute atomic E-state index is 0.222. The van der Waals surface area contributed by atoms with Gasteiger partial charge in [0.25, 0.3) is 0 Å². The molecule has 0 aromatic heterocycles. The highest BCUT2D eigenvalue weighted by atomic mass is 28.2. The minimum atomic E-state index is -0.338. The normalized spacial score (nSPS) is 10.2. The molecule has 0 N–H and O–H groups in total. The Hall–Kier alpha value is -1.87. The highest BCUT2D eigenvalue weighted by Crippen LogP contribution is 2.25. The zero-order valence-electron chi connectivity index (χ0n) is 9.37. The van der Waals surface area contributed by atoms with E-state index in [-0.39, 0.29) is 11.9 Å². The van der Waals surface area contributed by atoms with Crippen LogP contribution in [-0.4, -0.2) is 16.5 Å². The van der Waals surface area contributed by atoms with Crippen molar-refractivity contribution < 1.29 is 9.22 Å². The molecule has 3 heteroatoms. The van der Waals surface area contributed by atoms with Crippen molar-refractivity contribution in [2.24, 2.45) is 0 Å². The maximum absolute atomic E-state index is 11.9. The van der Waals surface area contributed by atoms with Crippen molar-refractivity contribution >= 4 is 16.5 Å². The van der Waals surface area contributed by atoms with E-state index in [1.54, 1.807) is 0 Å². The van der Waals surface area contributed by atoms with Gasteiger partial charge in [0.2, 0.25) is 10.5 Å². The van der Waals surface area contributed by atoms with Crippen molar-refractivity contribution in [3.05, 3.63) is 71.8 Å². The molecule has 0 saturated carbocycles. The largest absolute Gasteiger partial charge is 0.524 e. The van der Waals surface area contributed by atoms with Gasteiger partial charge in [0.05, 0.1) is 0 Å². The van der Waals surface area contributed by atoms with Crippen LogP contribution in [0.5, 0.6) is 0 Å². The molecule has 0 bridgehead atoms. The van der Waals surface area contributed by atoms with E-state index in [0.717, 1.165) is 11.1 Å². The molecule has 2 rings (SSSR count). The quantitative estimate of drug-likeness (QED) is 0.767.